The van der Waals surface area contributed by atoms with Crippen molar-refractivity contribution >= 4 is 34.1 Å². The molecular weight excluding hydrogens is 368 g/mol. The largest absolute Gasteiger partial charge is 0.459 e. The molecule has 1 aliphatic rings. The fourth-order valence-corrected chi connectivity index (χ4v) is 3.97. The van der Waals surface area contributed by atoms with Crippen LogP contribution in [0.15, 0.2) is 58.0 Å². The van der Waals surface area contributed by atoms with Gasteiger partial charge >= 0.3 is 0 Å². The van der Waals surface area contributed by atoms with Crippen molar-refractivity contribution in [3.8, 4) is 0 Å². The average molecular weight is 397 g/mol. The first-order chi connectivity index (χ1) is 13.0. The van der Waals surface area contributed by atoms with Crippen LogP contribution in [0.2, 0.25) is 0 Å². The molecule has 0 fully saturated rings. The lowest BCUT2D eigenvalue weighted by molar-refractivity contribution is 0.297. The minimum atomic E-state index is -0.210. The van der Waals surface area contributed by atoms with Gasteiger partial charge in [0, 0.05) is 45.0 Å². The normalized spacial score (nSPS) is 14.1. The summed E-state index contributed by atoms with van der Waals surface area (Å²) >= 11 is 1.77. The van der Waals surface area contributed by atoms with Crippen LogP contribution in [0, 0.1) is 0 Å². The number of hydrogen-bond acceptors (Lipinski definition) is 4. The summed E-state index contributed by atoms with van der Waals surface area (Å²) < 4.78 is 6.83. The SMILES string of the molecule is C=C1c2ccsc2C=CN1C(C)(C)C.CC(C)(C)n1ccc2ccoc2c1=O. The fourth-order valence-electron chi connectivity index (χ4n) is 3.16. The van der Waals surface area contributed by atoms with Crippen molar-refractivity contribution < 1.29 is 4.42 Å². The minimum absolute atomic E-state index is 0.0694. The molecule has 3 aromatic rings. The van der Waals surface area contributed by atoms with E-state index in [0.29, 0.717) is 5.58 Å². The number of thiophene rings is 1. The maximum Gasteiger partial charge on any atom is 0.294 e. The van der Waals surface area contributed by atoms with Crippen LogP contribution in [0.4, 0.5) is 0 Å². The van der Waals surface area contributed by atoms with Crippen LogP contribution in [0.5, 0.6) is 0 Å². The van der Waals surface area contributed by atoms with Crippen molar-refractivity contribution in [3.63, 3.8) is 0 Å². The van der Waals surface area contributed by atoms with E-state index in [0.717, 1.165) is 11.1 Å². The highest BCUT2D eigenvalue weighted by Crippen LogP contribution is 2.35. The number of fused-ring (bicyclic) bond motifs is 2. The molecule has 5 heteroatoms. The van der Waals surface area contributed by atoms with Gasteiger partial charge in [0.25, 0.3) is 5.56 Å². The maximum absolute atomic E-state index is 11.9. The van der Waals surface area contributed by atoms with Gasteiger partial charge in [-0.15, -0.1) is 11.3 Å². The lowest BCUT2D eigenvalue weighted by atomic mass is 10.0. The predicted molar refractivity (Wildman–Crippen MR) is 119 cm³/mol. The third-order valence-corrected chi connectivity index (χ3v) is 5.51. The summed E-state index contributed by atoms with van der Waals surface area (Å²) in [6.07, 6.45) is 7.64. The van der Waals surface area contributed by atoms with E-state index in [1.165, 1.54) is 10.4 Å². The number of aromatic nitrogens is 1. The molecule has 0 atom stereocenters. The molecule has 0 aliphatic carbocycles. The van der Waals surface area contributed by atoms with E-state index in [1.54, 1.807) is 34.4 Å². The minimum Gasteiger partial charge on any atom is -0.459 e. The van der Waals surface area contributed by atoms with Gasteiger partial charge < -0.3 is 13.9 Å². The lowest BCUT2D eigenvalue weighted by Crippen LogP contribution is -2.36. The molecule has 0 bridgehead atoms. The second-order valence-electron chi connectivity index (χ2n) is 8.87. The first-order valence-electron chi connectivity index (χ1n) is 9.34. The van der Waals surface area contributed by atoms with Crippen molar-refractivity contribution in [2.24, 2.45) is 0 Å². The van der Waals surface area contributed by atoms with Gasteiger partial charge in [0.1, 0.15) is 0 Å². The van der Waals surface area contributed by atoms with Gasteiger partial charge in [-0.05, 0) is 71.2 Å². The summed E-state index contributed by atoms with van der Waals surface area (Å²) in [4.78, 5) is 15.4. The monoisotopic (exact) mass is 396 g/mol. The Morgan fingerprint density at radius 3 is 2.39 bits per heavy atom. The van der Waals surface area contributed by atoms with E-state index in [2.05, 4.69) is 56.0 Å². The van der Waals surface area contributed by atoms with Gasteiger partial charge in [-0.25, -0.2) is 0 Å². The Morgan fingerprint density at radius 1 is 1.04 bits per heavy atom. The van der Waals surface area contributed by atoms with Crippen molar-refractivity contribution in [3.05, 3.63) is 69.6 Å². The maximum atomic E-state index is 11.9. The molecule has 0 saturated carbocycles. The quantitative estimate of drug-likeness (QED) is 0.457. The van der Waals surface area contributed by atoms with E-state index in [1.807, 2.05) is 26.8 Å². The molecule has 0 saturated heterocycles. The highest BCUT2D eigenvalue weighted by Gasteiger charge is 2.25. The zero-order valence-corrected chi connectivity index (χ0v) is 18.3. The summed E-state index contributed by atoms with van der Waals surface area (Å²) in [5, 5.41) is 2.97. The Kier molecular flexibility index (Phi) is 5.15. The molecule has 0 spiro atoms. The number of rotatable bonds is 0. The molecule has 4 rings (SSSR count). The number of pyridine rings is 1. The molecule has 4 nitrogen and oxygen atoms in total. The number of furan rings is 1. The molecule has 0 N–H and O–H groups in total. The Morgan fingerprint density at radius 2 is 1.75 bits per heavy atom. The summed E-state index contributed by atoms with van der Waals surface area (Å²) in [6.45, 7) is 16.7. The third-order valence-electron chi connectivity index (χ3n) is 4.63. The van der Waals surface area contributed by atoms with Crippen molar-refractivity contribution in [2.75, 3.05) is 0 Å². The molecular formula is C23H28N2O2S. The van der Waals surface area contributed by atoms with E-state index < -0.39 is 0 Å². The summed E-state index contributed by atoms with van der Waals surface area (Å²) in [7, 11) is 0. The highest BCUT2D eigenvalue weighted by molar-refractivity contribution is 7.11. The number of hydrogen-bond donors (Lipinski definition) is 0. The van der Waals surface area contributed by atoms with Gasteiger partial charge in [-0.3, -0.25) is 4.79 Å². The van der Waals surface area contributed by atoms with E-state index in [4.69, 9.17) is 4.42 Å². The zero-order valence-electron chi connectivity index (χ0n) is 17.4. The summed E-state index contributed by atoms with van der Waals surface area (Å²) in [6, 6.07) is 5.83. The third kappa shape index (κ3) is 3.85. The van der Waals surface area contributed by atoms with E-state index in [9.17, 15) is 4.79 Å². The van der Waals surface area contributed by atoms with E-state index in [-0.39, 0.29) is 16.6 Å². The molecule has 148 valence electrons. The van der Waals surface area contributed by atoms with Crippen LogP contribution in [0.1, 0.15) is 52.0 Å². The lowest BCUT2D eigenvalue weighted by Gasteiger charge is -2.37. The van der Waals surface area contributed by atoms with Crippen LogP contribution in [0.25, 0.3) is 22.7 Å². The van der Waals surface area contributed by atoms with Crippen LogP contribution in [0.3, 0.4) is 0 Å². The van der Waals surface area contributed by atoms with Crippen LogP contribution in [-0.2, 0) is 5.54 Å². The van der Waals surface area contributed by atoms with Crippen molar-refractivity contribution in [2.45, 2.75) is 52.6 Å². The predicted octanol–water partition coefficient (Wildman–Crippen LogP) is 6.15. The molecule has 0 aromatic carbocycles. The van der Waals surface area contributed by atoms with Crippen molar-refractivity contribution in [1.82, 2.24) is 9.47 Å². The average Bonchev–Trinajstić information content (AvgIpc) is 3.23. The van der Waals surface area contributed by atoms with Crippen LogP contribution in [-0.4, -0.2) is 15.0 Å². The Labute approximate surface area is 170 Å². The second-order valence-corrected chi connectivity index (χ2v) is 9.82. The Balaban J connectivity index is 0.000000161. The first-order valence-corrected chi connectivity index (χ1v) is 10.2. The van der Waals surface area contributed by atoms with Gasteiger partial charge in [0.2, 0.25) is 0 Å². The Bertz CT molecular complexity index is 1080. The highest BCUT2D eigenvalue weighted by atomic mass is 32.1. The zero-order chi connectivity index (χ0) is 20.7. The van der Waals surface area contributed by atoms with Gasteiger partial charge in [-0.1, -0.05) is 6.58 Å². The van der Waals surface area contributed by atoms with Gasteiger partial charge in [0.15, 0.2) is 5.58 Å². The molecule has 4 heterocycles. The fraction of sp³-hybridized carbons (Fsp3) is 0.348. The smallest absolute Gasteiger partial charge is 0.294 e. The summed E-state index contributed by atoms with van der Waals surface area (Å²) in [5.41, 5.74) is 2.64. The topological polar surface area (TPSA) is 38.4 Å². The van der Waals surface area contributed by atoms with Crippen molar-refractivity contribution in [1.29, 1.82) is 0 Å². The standard InChI is InChI=1S/C12H15NS.C11H13NO2/c1-9-10-6-8-14-11(10)5-7-13(9)12(2,3)4;1-11(2,3)12-6-4-8-5-7-14-9(8)10(12)13/h5-8H,1H2,2-4H3;4-7H,1-3H3. The first kappa shape index (κ1) is 20.2. The number of nitrogens with zero attached hydrogens (tertiary/aromatic N) is 2. The molecule has 1 aliphatic heterocycles. The van der Waals surface area contributed by atoms with Gasteiger partial charge in [0.05, 0.1) is 6.26 Å². The molecule has 3 aromatic heterocycles. The Hall–Kier alpha value is -2.53. The van der Waals surface area contributed by atoms with Gasteiger partial charge in [-0.2, -0.15) is 0 Å². The van der Waals surface area contributed by atoms with E-state index >= 15 is 0 Å². The molecule has 0 radical (unpaired) electrons. The molecule has 0 amide bonds. The molecule has 28 heavy (non-hydrogen) atoms. The van der Waals surface area contributed by atoms with Crippen LogP contribution >= 0.6 is 11.3 Å². The molecule has 0 unspecified atom stereocenters. The van der Waals surface area contributed by atoms with Crippen LogP contribution < -0.4 is 5.56 Å². The summed E-state index contributed by atoms with van der Waals surface area (Å²) in [5.74, 6) is 0. The second kappa shape index (κ2) is 7.13.